The molecule has 0 N–H and O–H groups in total. The van der Waals surface area contributed by atoms with E-state index in [0.717, 1.165) is 31.8 Å². The molecule has 0 saturated carbocycles. The van der Waals surface area contributed by atoms with Gasteiger partial charge in [-0.1, -0.05) is 6.92 Å². The van der Waals surface area contributed by atoms with Crippen molar-refractivity contribution in [1.29, 1.82) is 0 Å². The van der Waals surface area contributed by atoms with E-state index >= 15 is 0 Å². The van der Waals surface area contributed by atoms with Gasteiger partial charge in [0.15, 0.2) is 11.6 Å². The molecule has 104 valence electrons. The van der Waals surface area contributed by atoms with E-state index in [0.29, 0.717) is 18.7 Å². The topological polar surface area (TPSA) is 23.6 Å². The third-order valence-electron chi connectivity index (χ3n) is 3.60. The Morgan fingerprint density at radius 2 is 1.74 bits per heavy atom. The molecule has 0 unspecified atom stereocenters. The molecule has 1 heterocycles. The van der Waals surface area contributed by atoms with Crippen molar-refractivity contribution in [2.24, 2.45) is 0 Å². The zero-order valence-electron chi connectivity index (χ0n) is 11.2. The number of piperazine rings is 1. The Morgan fingerprint density at radius 3 is 2.32 bits per heavy atom. The summed E-state index contributed by atoms with van der Waals surface area (Å²) in [5.74, 6) is -2.10. The summed E-state index contributed by atoms with van der Waals surface area (Å²) in [6.07, 6.45) is 0. The van der Waals surface area contributed by atoms with E-state index in [1.165, 1.54) is 0 Å². The molecule has 0 radical (unpaired) electrons. The van der Waals surface area contributed by atoms with E-state index in [-0.39, 0.29) is 11.5 Å². The lowest BCUT2D eigenvalue weighted by molar-refractivity contribution is 0.0642. The molecule has 1 aromatic rings. The summed E-state index contributed by atoms with van der Waals surface area (Å²) in [5.41, 5.74) is 0.727. The van der Waals surface area contributed by atoms with Crippen molar-refractivity contribution in [1.82, 2.24) is 9.80 Å². The third kappa shape index (κ3) is 2.92. The number of carbonyl (C=O) groups is 1. The number of amides is 1. The molecular weight excluding hydrogens is 250 g/mol. The first-order valence-corrected chi connectivity index (χ1v) is 6.50. The van der Waals surface area contributed by atoms with E-state index < -0.39 is 11.6 Å². The van der Waals surface area contributed by atoms with E-state index in [1.807, 2.05) is 0 Å². The molecule has 1 saturated heterocycles. The predicted octanol–water partition coefficient (Wildman–Crippen LogP) is 2.05. The normalized spacial score (nSPS) is 16.7. The molecule has 0 aromatic heterocycles. The minimum absolute atomic E-state index is 0.216. The molecule has 1 fully saturated rings. The SMILES string of the molecule is CCN1CCN(C(=O)c2cc(F)c(F)cc2C)CC1. The van der Waals surface area contributed by atoms with Crippen LogP contribution in [0.3, 0.4) is 0 Å². The molecular formula is C14H18F2N2O. The number of likely N-dealkylation sites (N-methyl/N-ethyl adjacent to an activating group) is 1. The van der Waals surface area contributed by atoms with Crippen LogP contribution in [0, 0.1) is 18.6 Å². The Morgan fingerprint density at radius 1 is 1.16 bits per heavy atom. The molecule has 5 heteroatoms. The fraction of sp³-hybridized carbons (Fsp3) is 0.500. The van der Waals surface area contributed by atoms with Gasteiger partial charge in [0.25, 0.3) is 5.91 Å². The first-order chi connectivity index (χ1) is 9.02. The second-order valence-corrected chi connectivity index (χ2v) is 4.81. The van der Waals surface area contributed by atoms with Crippen LogP contribution < -0.4 is 0 Å². The summed E-state index contributed by atoms with van der Waals surface area (Å²) in [6, 6.07) is 2.07. The van der Waals surface area contributed by atoms with Crippen molar-refractivity contribution in [2.45, 2.75) is 13.8 Å². The highest BCUT2D eigenvalue weighted by Gasteiger charge is 2.23. The van der Waals surface area contributed by atoms with Crippen molar-refractivity contribution in [3.05, 3.63) is 34.9 Å². The zero-order chi connectivity index (χ0) is 14.0. The van der Waals surface area contributed by atoms with Crippen LogP contribution in [-0.2, 0) is 0 Å². The minimum atomic E-state index is -0.971. The Hall–Kier alpha value is -1.49. The van der Waals surface area contributed by atoms with Gasteiger partial charge in [-0.05, 0) is 31.2 Å². The highest BCUT2D eigenvalue weighted by Crippen LogP contribution is 2.17. The molecule has 2 rings (SSSR count). The van der Waals surface area contributed by atoms with E-state index in [9.17, 15) is 13.6 Å². The van der Waals surface area contributed by atoms with Crippen molar-refractivity contribution in [3.63, 3.8) is 0 Å². The molecule has 3 nitrogen and oxygen atoms in total. The number of benzene rings is 1. The van der Waals surface area contributed by atoms with Gasteiger partial charge in [0, 0.05) is 31.7 Å². The predicted molar refractivity (Wildman–Crippen MR) is 69.1 cm³/mol. The van der Waals surface area contributed by atoms with Gasteiger partial charge in [0.05, 0.1) is 0 Å². The molecule has 0 atom stereocenters. The molecule has 0 bridgehead atoms. The zero-order valence-corrected chi connectivity index (χ0v) is 11.2. The van der Waals surface area contributed by atoms with Crippen molar-refractivity contribution >= 4 is 5.91 Å². The summed E-state index contributed by atoms with van der Waals surface area (Å²) in [7, 11) is 0. The number of nitrogens with zero attached hydrogens (tertiary/aromatic N) is 2. The number of halogens is 2. The van der Waals surface area contributed by atoms with Crippen LogP contribution in [0.2, 0.25) is 0 Å². The quantitative estimate of drug-likeness (QED) is 0.819. The number of hydrogen-bond donors (Lipinski definition) is 0. The van der Waals surface area contributed by atoms with Gasteiger partial charge in [-0.15, -0.1) is 0 Å². The van der Waals surface area contributed by atoms with E-state index in [4.69, 9.17) is 0 Å². The lowest BCUT2D eigenvalue weighted by Crippen LogP contribution is -2.48. The van der Waals surface area contributed by atoms with Gasteiger partial charge in [-0.2, -0.15) is 0 Å². The maximum atomic E-state index is 13.2. The minimum Gasteiger partial charge on any atom is -0.336 e. The molecule has 0 spiro atoms. The summed E-state index contributed by atoms with van der Waals surface area (Å²) >= 11 is 0. The number of rotatable bonds is 2. The van der Waals surface area contributed by atoms with Gasteiger partial charge in [0.2, 0.25) is 0 Å². The average molecular weight is 268 g/mol. The molecule has 1 aliphatic rings. The van der Waals surface area contributed by atoms with Crippen LogP contribution in [0.1, 0.15) is 22.8 Å². The highest BCUT2D eigenvalue weighted by molar-refractivity contribution is 5.95. The standard InChI is InChI=1S/C14H18F2N2O/c1-3-17-4-6-18(7-5-17)14(19)11-9-13(16)12(15)8-10(11)2/h8-9H,3-7H2,1-2H3. The lowest BCUT2D eigenvalue weighted by atomic mass is 10.1. The van der Waals surface area contributed by atoms with Crippen molar-refractivity contribution in [3.8, 4) is 0 Å². The van der Waals surface area contributed by atoms with Gasteiger partial charge in [0.1, 0.15) is 0 Å². The average Bonchev–Trinajstić information content (AvgIpc) is 2.42. The maximum absolute atomic E-state index is 13.2. The van der Waals surface area contributed by atoms with E-state index in [2.05, 4.69) is 11.8 Å². The Labute approximate surface area is 111 Å². The summed E-state index contributed by atoms with van der Waals surface area (Å²) in [5, 5.41) is 0. The summed E-state index contributed by atoms with van der Waals surface area (Å²) in [4.78, 5) is 16.2. The summed E-state index contributed by atoms with van der Waals surface area (Å²) < 4.78 is 26.3. The maximum Gasteiger partial charge on any atom is 0.254 e. The largest absolute Gasteiger partial charge is 0.336 e. The number of hydrogen-bond acceptors (Lipinski definition) is 2. The van der Waals surface area contributed by atoms with E-state index in [1.54, 1.807) is 11.8 Å². The number of aryl methyl sites for hydroxylation is 1. The van der Waals surface area contributed by atoms with Crippen LogP contribution in [0.25, 0.3) is 0 Å². The monoisotopic (exact) mass is 268 g/mol. The first kappa shape index (κ1) is 13.9. The second kappa shape index (κ2) is 5.65. The van der Waals surface area contributed by atoms with Crippen LogP contribution in [0.4, 0.5) is 8.78 Å². The van der Waals surface area contributed by atoms with Crippen LogP contribution in [-0.4, -0.2) is 48.4 Å². The van der Waals surface area contributed by atoms with Gasteiger partial charge >= 0.3 is 0 Å². The number of carbonyl (C=O) groups excluding carboxylic acids is 1. The molecule has 0 aliphatic carbocycles. The molecule has 1 amide bonds. The molecule has 19 heavy (non-hydrogen) atoms. The third-order valence-corrected chi connectivity index (χ3v) is 3.60. The summed E-state index contributed by atoms with van der Waals surface area (Å²) in [6.45, 7) is 7.58. The van der Waals surface area contributed by atoms with Crippen LogP contribution in [0.15, 0.2) is 12.1 Å². The van der Waals surface area contributed by atoms with Gasteiger partial charge in [-0.25, -0.2) is 8.78 Å². The van der Waals surface area contributed by atoms with Crippen molar-refractivity contribution in [2.75, 3.05) is 32.7 Å². The first-order valence-electron chi connectivity index (χ1n) is 6.50. The smallest absolute Gasteiger partial charge is 0.254 e. The van der Waals surface area contributed by atoms with Crippen molar-refractivity contribution < 1.29 is 13.6 Å². The lowest BCUT2D eigenvalue weighted by Gasteiger charge is -2.34. The Bertz CT molecular complexity index is 483. The molecule has 1 aliphatic heterocycles. The van der Waals surface area contributed by atoms with Gasteiger partial charge < -0.3 is 9.80 Å². The highest BCUT2D eigenvalue weighted by atomic mass is 19.2. The molecule has 1 aromatic carbocycles. The van der Waals surface area contributed by atoms with Crippen LogP contribution in [0.5, 0.6) is 0 Å². The fourth-order valence-corrected chi connectivity index (χ4v) is 2.31. The fourth-order valence-electron chi connectivity index (χ4n) is 2.31. The Kier molecular flexibility index (Phi) is 4.14. The van der Waals surface area contributed by atoms with Crippen LogP contribution >= 0.6 is 0 Å². The van der Waals surface area contributed by atoms with Gasteiger partial charge in [-0.3, -0.25) is 4.79 Å². The Balaban J connectivity index is 2.14. The second-order valence-electron chi connectivity index (χ2n) is 4.81.